The number of nitrogens with one attached hydrogen (secondary N) is 1. The summed E-state index contributed by atoms with van der Waals surface area (Å²) in [7, 11) is 1.74. The fourth-order valence-electron chi connectivity index (χ4n) is 2.74. The minimum Gasteiger partial charge on any atom is -0.380 e. The van der Waals surface area contributed by atoms with Gasteiger partial charge in [-0.3, -0.25) is 0 Å². The molecule has 0 radical (unpaired) electrons. The Hall–Kier alpha value is -1.29. The van der Waals surface area contributed by atoms with Crippen LogP contribution in [-0.4, -0.2) is 18.9 Å². The molecule has 3 rings (SSSR count). The van der Waals surface area contributed by atoms with Crippen molar-refractivity contribution in [3.63, 3.8) is 0 Å². The van der Waals surface area contributed by atoms with E-state index >= 15 is 0 Å². The van der Waals surface area contributed by atoms with E-state index in [-0.39, 0.29) is 0 Å². The van der Waals surface area contributed by atoms with Crippen LogP contribution >= 0.6 is 11.8 Å². The number of benzene rings is 2. The predicted octanol–water partition coefficient (Wildman–Crippen LogP) is 3.64. The summed E-state index contributed by atoms with van der Waals surface area (Å²) >= 11 is 2.00. The van der Waals surface area contributed by atoms with Crippen molar-refractivity contribution in [3.8, 4) is 0 Å². The molecule has 1 heterocycles. The molecule has 0 spiro atoms. The highest BCUT2D eigenvalue weighted by Gasteiger charge is 2.20. The molecule has 0 fully saturated rings. The molecular weight excluding hydrogens is 278 g/mol. The van der Waals surface area contributed by atoms with Gasteiger partial charge in [0.05, 0.1) is 6.61 Å². The van der Waals surface area contributed by atoms with Crippen LogP contribution in [0, 0.1) is 0 Å². The van der Waals surface area contributed by atoms with Crippen molar-refractivity contribution >= 4 is 11.8 Å². The number of hydrogen-bond acceptors (Lipinski definition) is 3. The lowest BCUT2D eigenvalue weighted by Gasteiger charge is -2.11. The third kappa shape index (κ3) is 3.88. The molecule has 0 aromatic heterocycles. The summed E-state index contributed by atoms with van der Waals surface area (Å²) in [6.45, 7) is 2.65. The second-order valence-electron chi connectivity index (χ2n) is 5.44. The second-order valence-corrected chi connectivity index (χ2v) is 6.78. The number of thioether (sulfide) groups is 1. The molecule has 3 heteroatoms. The number of fused-ring (bicyclic) bond motifs is 1. The number of hydrogen-bond donors (Lipinski definition) is 1. The molecule has 1 atom stereocenters. The minimum atomic E-state index is 0.657. The Morgan fingerprint density at radius 1 is 1.14 bits per heavy atom. The van der Waals surface area contributed by atoms with Gasteiger partial charge in [0.15, 0.2) is 0 Å². The second kappa shape index (κ2) is 7.12. The van der Waals surface area contributed by atoms with E-state index in [0.717, 1.165) is 13.1 Å². The first-order valence-corrected chi connectivity index (χ1v) is 8.25. The van der Waals surface area contributed by atoms with E-state index in [9.17, 15) is 0 Å². The van der Waals surface area contributed by atoms with Crippen molar-refractivity contribution in [2.45, 2.75) is 29.7 Å². The van der Waals surface area contributed by atoms with Gasteiger partial charge in [0.2, 0.25) is 0 Å². The molecule has 1 N–H and O–H groups in total. The largest absolute Gasteiger partial charge is 0.380 e. The molecular formula is C18H21NOS. The normalized spacial score (nSPS) is 16.9. The van der Waals surface area contributed by atoms with Crippen LogP contribution in [-0.2, 0) is 24.3 Å². The molecule has 0 bridgehead atoms. The maximum atomic E-state index is 5.18. The molecule has 110 valence electrons. The van der Waals surface area contributed by atoms with Gasteiger partial charge in [-0.25, -0.2) is 0 Å². The molecule has 2 nitrogen and oxygen atoms in total. The van der Waals surface area contributed by atoms with Crippen LogP contribution < -0.4 is 5.32 Å². The van der Waals surface area contributed by atoms with Crippen LogP contribution in [0.3, 0.4) is 0 Å². The Morgan fingerprint density at radius 3 is 2.86 bits per heavy atom. The minimum absolute atomic E-state index is 0.657. The average Bonchev–Trinajstić information content (AvgIpc) is 2.91. The number of ether oxygens (including phenoxy) is 1. The molecule has 0 saturated carbocycles. The van der Waals surface area contributed by atoms with E-state index in [2.05, 4.69) is 53.8 Å². The topological polar surface area (TPSA) is 21.3 Å². The smallest absolute Gasteiger partial charge is 0.0713 e. The van der Waals surface area contributed by atoms with Crippen molar-refractivity contribution in [1.29, 1.82) is 0 Å². The highest BCUT2D eigenvalue weighted by molar-refractivity contribution is 8.00. The summed E-state index contributed by atoms with van der Waals surface area (Å²) < 4.78 is 5.18. The maximum Gasteiger partial charge on any atom is 0.0713 e. The van der Waals surface area contributed by atoms with Gasteiger partial charge in [0.1, 0.15) is 0 Å². The summed E-state index contributed by atoms with van der Waals surface area (Å²) in [6, 6.07) is 17.3. The summed E-state index contributed by atoms with van der Waals surface area (Å²) in [6.07, 6.45) is 1.18. The molecule has 2 aromatic carbocycles. The van der Waals surface area contributed by atoms with Crippen molar-refractivity contribution in [1.82, 2.24) is 5.32 Å². The summed E-state index contributed by atoms with van der Waals surface area (Å²) in [4.78, 5) is 1.45. The Bertz CT molecular complexity index is 574. The van der Waals surface area contributed by atoms with E-state index in [1.807, 2.05) is 11.8 Å². The van der Waals surface area contributed by atoms with Gasteiger partial charge >= 0.3 is 0 Å². The highest BCUT2D eigenvalue weighted by Crippen LogP contribution is 2.36. The number of rotatable bonds is 6. The van der Waals surface area contributed by atoms with E-state index in [0.29, 0.717) is 11.9 Å². The van der Waals surface area contributed by atoms with Crippen LogP contribution in [0.15, 0.2) is 53.4 Å². The quantitative estimate of drug-likeness (QED) is 0.880. The van der Waals surface area contributed by atoms with Crippen molar-refractivity contribution in [2.75, 3.05) is 13.7 Å². The Morgan fingerprint density at radius 2 is 2.00 bits per heavy atom. The fourth-order valence-corrected chi connectivity index (χ4v) is 4.02. The lowest BCUT2D eigenvalue weighted by atomic mass is 10.1. The molecule has 1 aliphatic rings. The summed E-state index contributed by atoms with van der Waals surface area (Å²) in [5, 5.41) is 4.24. The van der Waals surface area contributed by atoms with Crippen LogP contribution in [0.25, 0.3) is 0 Å². The maximum absolute atomic E-state index is 5.18. The number of methoxy groups -OCH3 is 1. The Balaban J connectivity index is 1.48. The zero-order chi connectivity index (χ0) is 14.5. The zero-order valence-electron chi connectivity index (χ0n) is 12.3. The van der Waals surface area contributed by atoms with E-state index in [1.54, 1.807) is 7.11 Å². The summed E-state index contributed by atoms with van der Waals surface area (Å²) in [5.41, 5.74) is 4.06. The van der Waals surface area contributed by atoms with E-state index in [4.69, 9.17) is 4.74 Å². The highest BCUT2D eigenvalue weighted by atomic mass is 32.2. The van der Waals surface area contributed by atoms with Gasteiger partial charge < -0.3 is 10.1 Å². The first-order chi connectivity index (χ1) is 10.3. The Labute approximate surface area is 130 Å². The van der Waals surface area contributed by atoms with Gasteiger partial charge in [-0.15, -0.1) is 11.8 Å². The molecule has 1 unspecified atom stereocenters. The first kappa shape index (κ1) is 14.6. The summed E-state index contributed by atoms with van der Waals surface area (Å²) in [5.74, 6) is 0. The van der Waals surface area contributed by atoms with Crippen LogP contribution in [0.1, 0.15) is 16.7 Å². The van der Waals surface area contributed by atoms with Crippen LogP contribution in [0.5, 0.6) is 0 Å². The fraction of sp³-hybridized carbons (Fsp3) is 0.333. The van der Waals surface area contributed by atoms with E-state index < -0.39 is 0 Å². The lowest BCUT2D eigenvalue weighted by molar-refractivity contribution is 0.185. The van der Waals surface area contributed by atoms with Gasteiger partial charge in [-0.2, -0.15) is 0 Å². The molecule has 0 aliphatic carbocycles. The predicted molar refractivity (Wildman–Crippen MR) is 88.7 cm³/mol. The average molecular weight is 299 g/mol. The third-order valence-corrected chi connectivity index (χ3v) is 5.04. The van der Waals surface area contributed by atoms with Crippen molar-refractivity contribution in [3.05, 3.63) is 65.2 Å². The van der Waals surface area contributed by atoms with Gasteiger partial charge in [0.25, 0.3) is 0 Å². The van der Waals surface area contributed by atoms with Crippen molar-refractivity contribution < 1.29 is 4.74 Å². The zero-order valence-corrected chi connectivity index (χ0v) is 13.2. The molecule has 2 aromatic rings. The molecule has 0 saturated heterocycles. The van der Waals surface area contributed by atoms with Gasteiger partial charge in [0, 0.05) is 30.3 Å². The van der Waals surface area contributed by atoms with Gasteiger partial charge in [-0.05, 0) is 29.2 Å². The standard InChI is InChI=1S/C18H21NOS/c1-20-13-15-6-4-5-14(9-15)11-19-12-17-10-16-7-2-3-8-18(16)21-17/h2-9,17,19H,10-13H2,1H3. The lowest BCUT2D eigenvalue weighted by Crippen LogP contribution is -2.24. The SMILES string of the molecule is COCc1cccc(CNCC2Cc3ccccc3S2)c1. The van der Waals surface area contributed by atoms with E-state index in [1.165, 1.54) is 28.0 Å². The first-order valence-electron chi connectivity index (χ1n) is 7.37. The third-order valence-electron chi connectivity index (χ3n) is 3.72. The van der Waals surface area contributed by atoms with Crippen molar-refractivity contribution in [2.24, 2.45) is 0 Å². The molecule has 1 aliphatic heterocycles. The monoisotopic (exact) mass is 299 g/mol. The van der Waals surface area contributed by atoms with Crippen LogP contribution in [0.2, 0.25) is 0 Å². The van der Waals surface area contributed by atoms with Crippen LogP contribution in [0.4, 0.5) is 0 Å². The Kier molecular flexibility index (Phi) is 4.96. The van der Waals surface area contributed by atoms with Gasteiger partial charge in [-0.1, -0.05) is 42.5 Å². The molecule has 21 heavy (non-hydrogen) atoms. The molecule has 0 amide bonds.